The molecule has 0 spiro atoms. The van der Waals surface area contributed by atoms with Gasteiger partial charge in [0.15, 0.2) is 15.1 Å². The molecule has 0 bridgehead atoms. The van der Waals surface area contributed by atoms with E-state index in [0.717, 1.165) is 39.6 Å². The van der Waals surface area contributed by atoms with E-state index in [9.17, 15) is 22.8 Å². The summed E-state index contributed by atoms with van der Waals surface area (Å²) in [4.78, 5) is 41.4. The SMILES string of the molecule is CSc1ccc([C@@H]2C(C(=O)OC(C)C)=C(C)N=c3s/c(=C\c4ccc(Sc5nc(-c6ccccc6)cc(C(F)(F)F)n5)o4)c(=O)n32)cc1. The first-order valence-corrected chi connectivity index (χ1v) is 17.4. The summed E-state index contributed by atoms with van der Waals surface area (Å²) < 4.78 is 54.3. The van der Waals surface area contributed by atoms with E-state index in [0.29, 0.717) is 20.6 Å². The number of ether oxygens (including phenoxy) is 1. The first-order valence-electron chi connectivity index (χ1n) is 14.6. The zero-order valence-corrected chi connectivity index (χ0v) is 28.4. The van der Waals surface area contributed by atoms with Gasteiger partial charge in [-0.3, -0.25) is 9.36 Å². The van der Waals surface area contributed by atoms with Gasteiger partial charge >= 0.3 is 12.1 Å². The van der Waals surface area contributed by atoms with Crippen LogP contribution in [-0.2, 0) is 15.7 Å². The molecule has 1 aliphatic heterocycles. The fourth-order valence-electron chi connectivity index (χ4n) is 5.02. The van der Waals surface area contributed by atoms with Gasteiger partial charge in [0.05, 0.1) is 33.6 Å². The molecule has 246 valence electrons. The monoisotopic (exact) mass is 708 g/mol. The number of carbonyl (C=O) groups excluding carboxylic acids is 1. The van der Waals surface area contributed by atoms with Crippen LogP contribution in [0.15, 0.2) is 113 Å². The first kappa shape index (κ1) is 33.5. The van der Waals surface area contributed by atoms with Crippen molar-refractivity contribution in [1.82, 2.24) is 14.5 Å². The Hall–Kier alpha value is -4.40. The molecule has 2 aromatic carbocycles. The summed E-state index contributed by atoms with van der Waals surface area (Å²) in [5.41, 5.74) is 0.607. The Morgan fingerprint density at radius 2 is 1.79 bits per heavy atom. The molecule has 0 saturated carbocycles. The zero-order valence-electron chi connectivity index (χ0n) is 25.9. The number of benzene rings is 2. The lowest BCUT2D eigenvalue weighted by Crippen LogP contribution is -2.40. The average molecular weight is 709 g/mol. The van der Waals surface area contributed by atoms with Crippen LogP contribution in [0.25, 0.3) is 17.3 Å². The zero-order chi connectivity index (χ0) is 34.2. The van der Waals surface area contributed by atoms with Crippen LogP contribution in [-0.4, -0.2) is 32.9 Å². The molecule has 0 fully saturated rings. The number of hydrogen-bond donors (Lipinski definition) is 0. The maximum absolute atomic E-state index is 14.0. The fourth-order valence-corrected chi connectivity index (χ4v) is 7.20. The average Bonchev–Trinajstić information content (AvgIpc) is 3.62. The summed E-state index contributed by atoms with van der Waals surface area (Å²) in [6.45, 7) is 5.22. The third-order valence-electron chi connectivity index (χ3n) is 7.15. The second-order valence-electron chi connectivity index (χ2n) is 10.9. The summed E-state index contributed by atoms with van der Waals surface area (Å²) in [5, 5.41) is 0.0846. The van der Waals surface area contributed by atoms with Gasteiger partial charge in [-0.25, -0.2) is 19.8 Å². The van der Waals surface area contributed by atoms with Crippen molar-refractivity contribution in [1.29, 1.82) is 0 Å². The molecule has 48 heavy (non-hydrogen) atoms. The number of hydrogen-bond acceptors (Lipinski definition) is 10. The molecule has 0 N–H and O–H groups in total. The van der Waals surface area contributed by atoms with Crippen LogP contribution in [0.5, 0.6) is 0 Å². The maximum Gasteiger partial charge on any atom is 0.433 e. The van der Waals surface area contributed by atoms with Gasteiger partial charge in [0.2, 0.25) is 0 Å². The minimum Gasteiger partial charge on any atom is -0.459 e. The van der Waals surface area contributed by atoms with E-state index in [-0.39, 0.29) is 38.9 Å². The van der Waals surface area contributed by atoms with Crippen LogP contribution in [0.4, 0.5) is 13.2 Å². The van der Waals surface area contributed by atoms with Gasteiger partial charge in [0, 0.05) is 16.5 Å². The summed E-state index contributed by atoms with van der Waals surface area (Å²) in [7, 11) is 0. The van der Waals surface area contributed by atoms with Gasteiger partial charge in [0.25, 0.3) is 5.56 Å². The highest BCUT2D eigenvalue weighted by Gasteiger charge is 2.35. The lowest BCUT2D eigenvalue weighted by Gasteiger charge is -2.25. The molecule has 5 aromatic rings. The van der Waals surface area contributed by atoms with Crippen molar-refractivity contribution >= 4 is 46.9 Å². The number of allylic oxidation sites excluding steroid dienone is 1. The van der Waals surface area contributed by atoms with Gasteiger partial charge < -0.3 is 9.15 Å². The third-order valence-corrected chi connectivity index (χ3v) is 9.66. The molecule has 0 amide bonds. The van der Waals surface area contributed by atoms with Gasteiger partial charge in [-0.05, 0) is 74.7 Å². The number of nitrogens with zero attached hydrogens (tertiary/aromatic N) is 4. The largest absolute Gasteiger partial charge is 0.459 e. The highest BCUT2D eigenvalue weighted by Crippen LogP contribution is 2.35. The number of aromatic nitrogens is 3. The van der Waals surface area contributed by atoms with E-state index in [4.69, 9.17) is 9.15 Å². The summed E-state index contributed by atoms with van der Waals surface area (Å²) >= 11 is 3.54. The van der Waals surface area contributed by atoms with Crippen LogP contribution in [0.2, 0.25) is 0 Å². The number of carbonyl (C=O) groups is 1. The maximum atomic E-state index is 14.0. The van der Waals surface area contributed by atoms with Crippen molar-refractivity contribution in [2.24, 2.45) is 4.99 Å². The van der Waals surface area contributed by atoms with Gasteiger partial charge in [-0.2, -0.15) is 13.2 Å². The van der Waals surface area contributed by atoms with Crippen molar-refractivity contribution in [3.63, 3.8) is 0 Å². The van der Waals surface area contributed by atoms with E-state index in [1.165, 1.54) is 10.6 Å². The van der Waals surface area contributed by atoms with E-state index in [2.05, 4.69) is 15.0 Å². The predicted octanol–water partition coefficient (Wildman–Crippen LogP) is 7.13. The number of halogens is 3. The molecule has 1 aliphatic rings. The van der Waals surface area contributed by atoms with Crippen LogP contribution in [0.1, 0.15) is 43.8 Å². The van der Waals surface area contributed by atoms with E-state index in [1.54, 1.807) is 75.0 Å². The molecular formula is C34H27F3N4O4S3. The lowest BCUT2D eigenvalue weighted by atomic mass is 9.96. The predicted molar refractivity (Wildman–Crippen MR) is 179 cm³/mol. The second kappa shape index (κ2) is 13.6. The highest BCUT2D eigenvalue weighted by molar-refractivity contribution is 7.99. The third kappa shape index (κ3) is 7.05. The molecule has 0 radical (unpaired) electrons. The molecule has 14 heteroatoms. The van der Waals surface area contributed by atoms with Crippen molar-refractivity contribution in [2.75, 3.05) is 6.26 Å². The molecule has 0 saturated heterocycles. The Morgan fingerprint density at radius 3 is 2.46 bits per heavy atom. The smallest absolute Gasteiger partial charge is 0.433 e. The number of thioether (sulfide) groups is 1. The highest BCUT2D eigenvalue weighted by atomic mass is 32.2. The number of esters is 1. The van der Waals surface area contributed by atoms with Crippen LogP contribution in [0.3, 0.4) is 0 Å². The Bertz CT molecular complexity index is 2210. The van der Waals surface area contributed by atoms with Crippen LogP contribution < -0.4 is 14.9 Å². The lowest BCUT2D eigenvalue weighted by molar-refractivity contribution is -0.143. The van der Waals surface area contributed by atoms with E-state index in [1.807, 2.05) is 30.5 Å². The summed E-state index contributed by atoms with van der Waals surface area (Å²) in [6.07, 6.45) is -1.56. The standard InChI is InChI=1S/C34H27F3N4O4S3/c1-18(2)44-31(43)28-19(3)38-33-41(29(28)21-10-13-23(46-4)14-11-21)30(42)25(47-33)16-22-12-15-27(45-22)48-32-39-24(20-8-6-5-7-9-20)17-26(40-32)34(35,36)37/h5-18,29H,1-4H3/b25-16-/t29-/m1/s1. The molecule has 3 aromatic heterocycles. The van der Waals surface area contributed by atoms with E-state index >= 15 is 0 Å². The number of thiazole rings is 1. The molecule has 0 aliphatic carbocycles. The number of fused-ring (bicyclic) bond motifs is 1. The van der Waals surface area contributed by atoms with Crippen molar-refractivity contribution in [3.8, 4) is 11.3 Å². The molecule has 6 rings (SSSR count). The number of alkyl halides is 3. The molecule has 0 unspecified atom stereocenters. The van der Waals surface area contributed by atoms with Crippen LogP contribution in [0, 0.1) is 0 Å². The fraction of sp³-hybridized carbons (Fsp3) is 0.206. The van der Waals surface area contributed by atoms with Crippen molar-refractivity contribution in [2.45, 2.75) is 54.2 Å². The summed E-state index contributed by atoms with van der Waals surface area (Å²) in [5.74, 6) is -0.270. The van der Waals surface area contributed by atoms with Crippen molar-refractivity contribution < 1.29 is 27.1 Å². The van der Waals surface area contributed by atoms with E-state index < -0.39 is 23.9 Å². The minimum atomic E-state index is -4.68. The Labute approximate surface area is 285 Å². The first-order chi connectivity index (χ1) is 22.9. The number of rotatable bonds is 8. The van der Waals surface area contributed by atoms with Gasteiger partial charge in [0.1, 0.15) is 11.5 Å². The Kier molecular flexibility index (Phi) is 9.50. The normalized spacial score (nSPS) is 15.1. The number of furan rings is 1. The Balaban J connectivity index is 1.37. The Morgan fingerprint density at radius 1 is 1.06 bits per heavy atom. The molecular weight excluding hydrogens is 682 g/mol. The molecule has 4 heterocycles. The second-order valence-corrected chi connectivity index (χ2v) is 13.7. The van der Waals surface area contributed by atoms with Crippen molar-refractivity contribution in [3.05, 3.63) is 121 Å². The van der Waals surface area contributed by atoms with Gasteiger partial charge in [-0.1, -0.05) is 53.8 Å². The topological polar surface area (TPSA) is 99.6 Å². The van der Waals surface area contributed by atoms with Gasteiger partial charge in [-0.15, -0.1) is 11.8 Å². The minimum absolute atomic E-state index is 0.123. The quantitative estimate of drug-likeness (QED) is 0.0955. The molecule has 8 nitrogen and oxygen atoms in total. The summed E-state index contributed by atoms with van der Waals surface area (Å²) in [6, 6.07) is 19.4. The van der Waals surface area contributed by atoms with Crippen LogP contribution >= 0.6 is 34.9 Å². The molecule has 1 atom stereocenters.